The standard InChI is InChI=1S/C20H24Cl2N2O3S/c1-3-10-24(14-20(25)23-18-7-5-4-6-15(18)2)11-12-28(26,27)19-13-16(21)8-9-17(19)22/h4-9,13H,3,10-12,14H2,1-2H3,(H,23,25). The van der Waals surface area contributed by atoms with Gasteiger partial charge in [0, 0.05) is 17.3 Å². The Bertz CT molecular complexity index is 933. The van der Waals surface area contributed by atoms with Crippen LogP contribution in [0.4, 0.5) is 5.69 Å². The number of anilines is 1. The molecule has 0 atom stereocenters. The second kappa shape index (κ2) is 10.3. The number of carbonyl (C=O) groups is 1. The number of benzene rings is 2. The number of nitrogens with one attached hydrogen (secondary N) is 1. The molecule has 2 aromatic rings. The minimum Gasteiger partial charge on any atom is -0.325 e. The number of amides is 1. The van der Waals surface area contributed by atoms with Crippen LogP contribution in [-0.2, 0) is 14.6 Å². The van der Waals surface area contributed by atoms with Crippen molar-refractivity contribution in [1.29, 1.82) is 0 Å². The molecule has 5 nitrogen and oxygen atoms in total. The van der Waals surface area contributed by atoms with Gasteiger partial charge in [0.2, 0.25) is 5.91 Å². The Morgan fingerprint density at radius 2 is 1.82 bits per heavy atom. The number of carbonyl (C=O) groups excluding carboxylic acids is 1. The number of nitrogens with zero attached hydrogens (tertiary/aromatic N) is 1. The van der Waals surface area contributed by atoms with Gasteiger partial charge in [0.15, 0.2) is 9.84 Å². The number of halogens is 2. The minimum absolute atomic E-state index is 0.0162. The molecule has 0 unspecified atom stereocenters. The summed E-state index contributed by atoms with van der Waals surface area (Å²) in [5, 5.41) is 3.33. The van der Waals surface area contributed by atoms with Gasteiger partial charge < -0.3 is 5.32 Å². The molecule has 0 saturated carbocycles. The van der Waals surface area contributed by atoms with E-state index in [4.69, 9.17) is 23.2 Å². The normalized spacial score (nSPS) is 11.6. The second-order valence-corrected chi connectivity index (χ2v) is 9.45. The molecular formula is C20H24Cl2N2O3S. The monoisotopic (exact) mass is 442 g/mol. The largest absolute Gasteiger partial charge is 0.325 e. The maximum Gasteiger partial charge on any atom is 0.238 e. The summed E-state index contributed by atoms with van der Waals surface area (Å²) < 4.78 is 25.3. The summed E-state index contributed by atoms with van der Waals surface area (Å²) in [6.07, 6.45) is 0.801. The molecule has 0 bridgehead atoms. The smallest absolute Gasteiger partial charge is 0.238 e. The molecule has 152 valence electrons. The summed E-state index contributed by atoms with van der Waals surface area (Å²) in [6, 6.07) is 11.9. The third kappa shape index (κ3) is 6.48. The summed E-state index contributed by atoms with van der Waals surface area (Å²) in [4.78, 5) is 14.2. The Labute approximate surface area is 176 Å². The first-order valence-electron chi connectivity index (χ1n) is 8.98. The fourth-order valence-electron chi connectivity index (χ4n) is 2.77. The van der Waals surface area contributed by atoms with Crippen LogP contribution in [0.25, 0.3) is 0 Å². The summed E-state index contributed by atoms with van der Waals surface area (Å²) >= 11 is 11.9. The first-order valence-corrected chi connectivity index (χ1v) is 11.4. The van der Waals surface area contributed by atoms with Crippen LogP contribution < -0.4 is 5.32 Å². The van der Waals surface area contributed by atoms with Crippen LogP contribution in [0.2, 0.25) is 10.0 Å². The van der Waals surface area contributed by atoms with Gasteiger partial charge in [0.25, 0.3) is 0 Å². The molecule has 0 aliphatic carbocycles. The van der Waals surface area contributed by atoms with Gasteiger partial charge in [0.05, 0.1) is 22.2 Å². The molecule has 0 radical (unpaired) electrons. The van der Waals surface area contributed by atoms with Crippen LogP contribution >= 0.6 is 23.2 Å². The molecule has 0 saturated heterocycles. The first kappa shape index (κ1) is 22.7. The van der Waals surface area contributed by atoms with E-state index in [2.05, 4.69) is 5.32 Å². The first-order chi connectivity index (χ1) is 13.2. The zero-order valence-corrected chi connectivity index (χ0v) is 18.2. The van der Waals surface area contributed by atoms with Crippen molar-refractivity contribution in [3.8, 4) is 0 Å². The number of rotatable bonds is 9. The lowest BCUT2D eigenvalue weighted by atomic mass is 10.2. The Balaban J connectivity index is 2.03. The Morgan fingerprint density at radius 1 is 1.11 bits per heavy atom. The molecule has 0 heterocycles. The van der Waals surface area contributed by atoms with Crippen LogP contribution in [0.1, 0.15) is 18.9 Å². The molecule has 28 heavy (non-hydrogen) atoms. The highest BCUT2D eigenvalue weighted by molar-refractivity contribution is 7.91. The average Bonchev–Trinajstić information content (AvgIpc) is 2.64. The van der Waals surface area contributed by atoms with E-state index in [0.29, 0.717) is 11.6 Å². The quantitative estimate of drug-likeness (QED) is 0.623. The number of para-hydroxylation sites is 1. The molecule has 8 heteroatoms. The molecule has 2 rings (SSSR count). The number of aryl methyl sites for hydroxylation is 1. The van der Waals surface area contributed by atoms with Crippen molar-refractivity contribution in [1.82, 2.24) is 4.90 Å². The maximum absolute atomic E-state index is 12.7. The Kier molecular flexibility index (Phi) is 8.31. The van der Waals surface area contributed by atoms with E-state index in [1.165, 1.54) is 12.1 Å². The number of hydrogen-bond donors (Lipinski definition) is 1. The molecule has 1 amide bonds. The molecule has 0 aliphatic heterocycles. The molecule has 1 N–H and O–H groups in total. The van der Waals surface area contributed by atoms with E-state index >= 15 is 0 Å². The molecule has 2 aromatic carbocycles. The van der Waals surface area contributed by atoms with E-state index < -0.39 is 9.84 Å². The zero-order chi connectivity index (χ0) is 20.7. The summed E-state index contributed by atoms with van der Waals surface area (Å²) in [5.41, 5.74) is 1.72. The van der Waals surface area contributed by atoms with Gasteiger partial charge in [-0.1, -0.05) is 48.3 Å². The van der Waals surface area contributed by atoms with Gasteiger partial charge in [-0.25, -0.2) is 8.42 Å². The minimum atomic E-state index is -3.62. The lowest BCUT2D eigenvalue weighted by Gasteiger charge is -2.21. The summed E-state index contributed by atoms with van der Waals surface area (Å²) in [7, 11) is -3.62. The Hall–Kier alpha value is -1.60. The van der Waals surface area contributed by atoms with E-state index in [-0.39, 0.29) is 34.7 Å². The predicted octanol–water partition coefficient (Wildman–Crippen LogP) is 4.43. The third-order valence-electron chi connectivity index (χ3n) is 4.23. The lowest BCUT2D eigenvalue weighted by Crippen LogP contribution is -2.37. The van der Waals surface area contributed by atoms with Gasteiger partial charge in [0.1, 0.15) is 0 Å². The van der Waals surface area contributed by atoms with E-state index in [1.807, 2.05) is 43.0 Å². The topological polar surface area (TPSA) is 66.5 Å². The second-order valence-electron chi connectivity index (χ2n) is 6.53. The lowest BCUT2D eigenvalue weighted by molar-refractivity contribution is -0.117. The highest BCUT2D eigenvalue weighted by atomic mass is 35.5. The van der Waals surface area contributed by atoms with Crippen molar-refractivity contribution in [3.63, 3.8) is 0 Å². The molecule has 0 aromatic heterocycles. The van der Waals surface area contributed by atoms with Crippen molar-refractivity contribution < 1.29 is 13.2 Å². The average molecular weight is 443 g/mol. The predicted molar refractivity (Wildman–Crippen MR) is 115 cm³/mol. The van der Waals surface area contributed by atoms with Crippen molar-refractivity contribution in [2.45, 2.75) is 25.2 Å². The van der Waals surface area contributed by atoms with Gasteiger partial charge in [-0.15, -0.1) is 0 Å². The van der Waals surface area contributed by atoms with E-state index in [1.54, 1.807) is 6.07 Å². The van der Waals surface area contributed by atoms with Gasteiger partial charge >= 0.3 is 0 Å². The van der Waals surface area contributed by atoms with Crippen molar-refractivity contribution >= 4 is 44.6 Å². The molecule has 0 aliphatic rings. The van der Waals surface area contributed by atoms with Crippen LogP contribution in [0.15, 0.2) is 47.4 Å². The fraction of sp³-hybridized carbons (Fsp3) is 0.350. The molecule has 0 spiro atoms. The van der Waals surface area contributed by atoms with Crippen molar-refractivity contribution in [2.24, 2.45) is 0 Å². The fourth-order valence-corrected chi connectivity index (χ4v) is 4.86. The van der Waals surface area contributed by atoms with Crippen LogP contribution in [0.3, 0.4) is 0 Å². The molecule has 0 fully saturated rings. The highest BCUT2D eigenvalue weighted by Gasteiger charge is 2.21. The van der Waals surface area contributed by atoms with Crippen molar-refractivity contribution in [3.05, 3.63) is 58.1 Å². The Morgan fingerprint density at radius 3 is 2.50 bits per heavy atom. The molecular weight excluding hydrogens is 419 g/mol. The SMILES string of the molecule is CCCN(CCS(=O)(=O)c1cc(Cl)ccc1Cl)CC(=O)Nc1ccccc1C. The van der Waals surface area contributed by atoms with Gasteiger partial charge in [-0.2, -0.15) is 0 Å². The third-order valence-corrected chi connectivity index (χ3v) is 6.64. The zero-order valence-electron chi connectivity index (χ0n) is 15.9. The number of sulfone groups is 1. The summed E-state index contributed by atoms with van der Waals surface area (Å²) in [6.45, 7) is 4.84. The van der Waals surface area contributed by atoms with Crippen LogP contribution in [0.5, 0.6) is 0 Å². The van der Waals surface area contributed by atoms with Gasteiger partial charge in [-0.05, 0) is 49.7 Å². The van der Waals surface area contributed by atoms with Crippen molar-refractivity contribution in [2.75, 3.05) is 30.7 Å². The highest BCUT2D eigenvalue weighted by Crippen LogP contribution is 2.26. The van der Waals surface area contributed by atoms with Gasteiger partial charge in [-0.3, -0.25) is 9.69 Å². The van der Waals surface area contributed by atoms with Crippen LogP contribution in [-0.4, -0.2) is 44.6 Å². The van der Waals surface area contributed by atoms with Crippen LogP contribution in [0, 0.1) is 6.92 Å². The number of hydrogen-bond acceptors (Lipinski definition) is 4. The maximum atomic E-state index is 12.7. The van der Waals surface area contributed by atoms with E-state index in [0.717, 1.165) is 17.7 Å². The summed E-state index contributed by atoms with van der Waals surface area (Å²) in [5.74, 6) is -0.328. The van der Waals surface area contributed by atoms with E-state index in [9.17, 15) is 13.2 Å².